The van der Waals surface area contributed by atoms with Crippen LogP contribution >= 0.6 is 12.6 Å². The molecule has 0 spiro atoms. The molecule has 246 valence electrons. The van der Waals surface area contributed by atoms with E-state index in [1.54, 1.807) is 46.3 Å². The Labute approximate surface area is 271 Å². The first-order chi connectivity index (χ1) is 21.5. The molecular weight excluding hydrogens is 596 g/mol. The van der Waals surface area contributed by atoms with Gasteiger partial charge in [-0.15, -0.1) is 0 Å². The van der Waals surface area contributed by atoms with Crippen LogP contribution < -0.4 is 19.5 Å². The number of ether oxygens (including phenoxy) is 4. The van der Waals surface area contributed by atoms with Gasteiger partial charge in [0.1, 0.15) is 17.9 Å². The monoisotopic (exact) mass is 642 g/mol. The van der Waals surface area contributed by atoms with Gasteiger partial charge in [0.15, 0.2) is 18.1 Å². The van der Waals surface area contributed by atoms with Crippen LogP contribution in [0.1, 0.15) is 70.1 Å². The molecule has 11 heteroatoms. The van der Waals surface area contributed by atoms with E-state index in [0.717, 1.165) is 12.0 Å². The number of hydrogen-bond donors (Lipinski definition) is 2. The number of ketones is 1. The van der Waals surface area contributed by atoms with Crippen molar-refractivity contribution in [3.05, 3.63) is 53.6 Å². The molecule has 2 amide bonds. The van der Waals surface area contributed by atoms with E-state index in [0.29, 0.717) is 73.8 Å². The summed E-state index contributed by atoms with van der Waals surface area (Å²) in [7, 11) is 3.14. The van der Waals surface area contributed by atoms with Gasteiger partial charge in [0.2, 0.25) is 5.78 Å². The largest absolute Gasteiger partial charge is 0.493 e. The van der Waals surface area contributed by atoms with E-state index in [4.69, 9.17) is 18.9 Å². The van der Waals surface area contributed by atoms with Gasteiger partial charge in [0.05, 0.1) is 14.2 Å². The van der Waals surface area contributed by atoms with Gasteiger partial charge in [-0.1, -0.05) is 39.0 Å². The van der Waals surface area contributed by atoms with E-state index < -0.39 is 35.2 Å². The number of amides is 2. The Morgan fingerprint density at radius 3 is 2.49 bits per heavy atom. The van der Waals surface area contributed by atoms with Gasteiger partial charge in [0, 0.05) is 24.3 Å². The van der Waals surface area contributed by atoms with E-state index in [2.05, 4.69) is 17.9 Å². The van der Waals surface area contributed by atoms with Crippen LogP contribution in [0.25, 0.3) is 0 Å². The third kappa shape index (κ3) is 9.88. The number of rotatable bonds is 16. The minimum absolute atomic E-state index is 0.172. The Balaban J connectivity index is 1.85. The molecule has 45 heavy (non-hydrogen) atoms. The molecule has 2 atom stereocenters. The van der Waals surface area contributed by atoms with Gasteiger partial charge >= 0.3 is 5.97 Å². The van der Waals surface area contributed by atoms with Crippen molar-refractivity contribution in [2.75, 3.05) is 39.7 Å². The molecule has 0 unspecified atom stereocenters. The lowest BCUT2D eigenvalue weighted by molar-refractivity contribution is -0.164. The molecule has 0 aliphatic carbocycles. The van der Waals surface area contributed by atoms with Crippen LogP contribution in [0, 0.1) is 5.41 Å². The summed E-state index contributed by atoms with van der Waals surface area (Å²) >= 11 is 4.10. The van der Waals surface area contributed by atoms with Gasteiger partial charge in [-0.2, -0.15) is 12.6 Å². The molecule has 0 aromatic heterocycles. The molecule has 10 nitrogen and oxygen atoms in total. The second kappa shape index (κ2) is 17.1. The van der Waals surface area contributed by atoms with E-state index in [9.17, 15) is 19.2 Å². The highest BCUT2D eigenvalue weighted by Crippen LogP contribution is 2.32. The Morgan fingerprint density at radius 1 is 1.04 bits per heavy atom. The van der Waals surface area contributed by atoms with E-state index in [-0.39, 0.29) is 12.5 Å². The minimum Gasteiger partial charge on any atom is -0.493 e. The van der Waals surface area contributed by atoms with E-state index in [1.807, 2.05) is 31.2 Å². The Bertz CT molecular complexity index is 1330. The van der Waals surface area contributed by atoms with Crippen molar-refractivity contribution >= 4 is 36.2 Å². The zero-order chi connectivity index (χ0) is 33.0. The van der Waals surface area contributed by atoms with Crippen molar-refractivity contribution in [3.63, 3.8) is 0 Å². The zero-order valence-electron chi connectivity index (χ0n) is 26.9. The molecule has 0 bridgehead atoms. The normalized spacial score (nSPS) is 15.5. The zero-order valence-corrected chi connectivity index (χ0v) is 27.8. The number of Topliss-reactive ketones (excluding diaryl/α,β-unsaturated/α-hetero) is 1. The summed E-state index contributed by atoms with van der Waals surface area (Å²) in [6.07, 6.45) is 2.62. The van der Waals surface area contributed by atoms with Gasteiger partial charge in [-0.05, 0) is 73.9 Å². The topological polar surface area (TPSA) is 120 Å². The van der Waals surface area contributed by atoms with E-state index >= 15 is 0 Å². The summed E-state index contributed by atoms with van der Waals surface area (Å²) in [6, 6.07) is 11.8. The van der Waals surface area contributed by atoms with Crippen molar-refractivity contribution in [2.24, 2.45) is 5.41 Å². The summed E-state index contributed by atoms with van der Waals surface area (Å²) in [4.78, 5) is 53.6. The molecule has 1 aliphatic heterocycles. The highest BCUT2D eigenvalue weighted by Gasteiger charge is 2.41. The van der Waals surface area contributed by atoms with Gasteiger partial charge in [-0.25, -0.2) is 4.79 Å². The maximum Gasteiger partial charge on any atom is 0.329 e. The predicted octanol–water partition coefficient (Wildman–Crippen LogP) is 4.73. The fourth-order valence-corrected chi connectivity index (χ4v) is 5.16. The molecular formula is C34H46N2O8S. The number of likely N-dealkylation sites (tertiary alicyclic amines) is 1. The first-order valence-electron chi connectivity index (χ1n) is 15.4. The quantitative estimate of drug-likeness (QED) is 0.153. The number of hydrogen-bond acceptors (Lipinski definition) is 9. The molecule has 0 radical (unpaired) electrons. The summed E-state index contributed by atoms with van der Waals surface area (Å²) in [5.41, 5.74) is 0.799. The van der Waals surface area contributed by atoms with Crippen LogP contribution in [-0.4, -0.2) is 74.2 Å². The number of benzene rings is 2. The Morgan fingerprint density at radius 2 is 1.80 bits per heavy atom. The van der Waals surface area contributed by atoms with Crippen LogP contribution in [-0.2, 0) is 30.3 Å². The van der Waals surface area contributed by atoms with Crippen LogP contribution in [0.4, 0.5) is 0 Å². The minimum atomic E-state index is -0.860. The van der Waals surface area contributed by atoms with Crippen molar-refractivity contribution < 1.29 is 38.1 Å². The maximum absolute atomic E-state index is 13.8. The standard InChI is InChI=1S/C34H46N2O8S/c1-6-34(2,3)31(38)32(39)36-18-8-7-12-26(36)33(40)44-27(15-13-23-14-16-28(41-4)29(20-23)42-5)24-10-9-11-25(21-24)43-22-30(37)35-17-19-45/h9-11,14,16,20-21,26-27,45H,6-8,12-13,15,17-19,22H2,1-5H3,(H,35,37)/t26-,27+/m0/s1. The van der Waals surface area contributed by atoms with Crippen molar-refractivity contribution in [3.8, 4) is 17.2 Å². The molecule has 0 saturated carbocycles. The second-order valence-electron chi connectivity index (χ2n) is 11.7. The maximum atomic E-state index is 13.8. The number of carbonyl (C=O) groups is 4. The van der Waals surface area contributed by atoms with Gasteiger partial charge < -0.3 is 29.2 Å². The lowest BCUT2D eigenvalue weighted by Gasteiger charge is -2.36. The fraction of sp³-hybridized carbons (Fsp3) is 0.529. The number of methoxy groups -OCH3 is 2. The molecule has 2 aromatic rings. The Hall–Kier alpha value is -3.73. The average Bonchev–Trinajstić information content (AvgIpc) is 3.07. The number of aryl methyl sites for hydroxylation is 1. The smallest absolute Gasteiger partial charge is 0.329 e. The molecule has 1 fully saturated rings. The molecule has 1 saturated heterocycles. The summed E-state index contributed by atoms with van der Waals surface area (Å²) in [6.45, 7) is 5.93. The molecule has 3 rings (SSSR count). The molecule has 1 aliphatic rings. The number of piperidine rings is 1. The lowest BCUT2D eigenvalue weighted by Crippen LogP contribution is -2.53. The fourth-order valence-electron chi connectivity index (χ4n) is 5.05. The van der Waals surface area contributed by atoms with Crippen LogP contribution in [0.15, 0.2) is 42.5 Å². The number of nitrogens with zero attached hydrogens (tertiary/aromatic N) is 1. The van der Waals surface area contributed by atoms with Crippen LogP contribution in [0.2, 0.25) is 0 Å². The third-order valence-electron chi connectivity index (χ3n) is 8.16. The highest BCUT2D eigenvalue weighted by molar-refractivity contribution is 7.80. The van der Waals surface area contributed by atoms with Crippen molar-refractivity contribution in [1.29, 1.82) is 0 Å². The Kier molecular flexibility index (Phi) is 13.6. The predicted molar refractivity (Wildman–Crippen MR) is 174 cm³/mol. The van der Waals surface area contributed by atoms with Crippen LogP contribution in [0.5, 0.6) is 17.2 Å². The number of nitrogens with one attached hydrogen (secondary N) is 1. The third-order valence-corrected chi connectivity index (χ3v) is 8.39. The summed E-state index contributed by atoms with van der Waals surface area (Å²) < 4.78 is 22.7. The summed E-state index contributed by atoms with van der Waals surface area (Å²) in [5.74, 6) is 0.190. The number of esters is 1. The average molecular weight is 643 g/mol. The molecule has 1 N–H and O–H groups in total. The first kappa shape index (κ1) is 35.7. The van der Waals surface area contributed by atoms with Crippen molar-refractivity contribution in [2.45, 2.75) is 71.4 Å². The molecule has 1 heterocycles. The highest BCUT2D eigenvalue weighted by atomic mass is 32.1. The second-order valence-corrected chi connectivity index (χ2v) is 12.1. The van der Waals surface area contributed by atoms with E-state index in [1.165, 1.54) is 4.90 Å². The molecule has 2 aromatic carbocycles. The summed E-state index contributed by atoms with van der Waals surface area (Å²) in [5, 5.41) is 2.71. The van der Waals surface area contributed by atoms with Gasteiger partial charge in [-0.3, -0.25) is 14.4 Å². The van der Waals surface area contributed by atoms with Crippen molar-refractivity contribution in [1.82, 2.24) is 10.2 Å². The number of thiol groups is 1. The van der Waals surface area contributed by atoms with Crippen LogP contribution in [0.3, 0.4) is 0 Å². The number of carbonyl (C=O) groups excluding carboxylic acids is 4. The van der Waals surface area contributed by atoms with Gasteiger partial charge in [0.25, 0.3) is 11.8 Å². The lowest BCUT2D eigenvalue weighted by atomic mass is 9.84. The SMILES string of the molecule is CCC(C)(C)C(=O)C(=O)N1CCCC[C@H]1C(=O)O[C@H](CCc1ccc(OC)c(OC)c1)c1cccc(OCC(=O)NCCS)c1. The first-order valence-corrected chi connectivity index (χ1v) is 16.0.